The molecule has 2 N–H and O–H groups in total. The summed E-state index contributed by atoms with van der Waals surface area (Å²) in [5.74, 6) is -0.966. The first-order chi connectivity index (χ1) is 8.24. The van der Waals surface area contributed by atoms with E-state index in [0.717, 1.165) is 0 Å². The predicted octanol–water partition coefficient (Wildman–Crippen LogP) is 2.46. The lowest BCUT2D eigenvalue weighted by molar-refractivity contribution is 0.00578. The van der Waals surface area contributed by atoms with Gasteiger partial charge in [0.2, 0.25) is 0 Å². The van der Waals surface area contributed by atoms with Crippen LogP contribution in [0.25, 0.3) is 0 Å². The van der Waals surface area contributed by atoms with Crippen molar-refractivity contribution in [1.29, 1.82) is 0 Å². The minimum atomic E-state index is -0.633. The van der Waals surface area contributed by atoms with Gasteiger partial charge >= 0.3 is 7.12 Å². The fourth-order valence-electron chi connectivity index (χ4n) is 1.93. The van der Waals surface area contributed by atoms with E-state index in [1.54, 1.807) is 18.2 Å². The largest absolute Gasteiger partial charge is 0.480 e. The molecule has 1 aromatic carbocycles. The Kier molecular flexibility index (Phi) is 3.26. The first kappa shape index (κ1) is 13.5. The minimum absolute atomic E-state index is 0.334. The fraction of sp³-hybridized carbons (Fsp3) is 0.538. The molecule has 1 saturated heterocycles. The molecule has 0 unspecified atom stereocenters. The predicted molar refractivity (Wildman–Crippen MR) is 69.4 cm³/mol. The molecular formula is C13H19BFNO2. The maximum absolute atomic E-state index is 13.7. The van der Waals surface area contributed by atoms with Crippen molar-refractivity contribution in [2.24, 2.45) is 5.73 Å². The van der Waals surface area contributed by atoms with Crippen LogP contribution in [0.2, 0.25) is 0 Å². The summed E-state index contributed by atoms with van der Waals surface area (Å²) >= 11 is 0. The Morgan fingerprint density at radius 3 is 2.11 bits per heavy atom. The van der Waals surface area contributed by atoms with Gasteiger partial charge in [0.15, 0.2) is 0 Å². The molecule has 0 spiro atoms. The molecule has 0 aromatic heterocycles. The van der Waals surface area contributed by atoms with Crippen molar-refractivity contribution >= 4 is 7.12 Å². The SMILES string of the molecule is CC1(C)OB([C@@H](N)c2ccccc2F)OC1(C)C. The third-order valence-corrected chi connectivity index (χ3v) is 3.83. The fourth-order valence-corrected chi connectivity index (χ4v) is 1.93. The topological polar surface area (TPSA) is 44.5 Å². The first-order valence-corrected chi connectivity index (χ1v) is 6.10. The van der Waals surface area contributed by atoms with E-state index in [1.807, 2.05) is 27.7 Å². The molecule has 1 heterocycles. The van der Waals surface area contributed by atoms with Crippen LogP contribution in [0.3, 0.4) is 0 Å². The van der Waals surface area contributed by atoms with Crippen LogP contribution in [0.4, 0.5) is 4.39 Å². The summed E-state index contributed by atoms with van der Waals surface area (Å²) in [5.41, 5.74) is 5.55. The lowest BCUT2D eigenvalue weighted by Crippen LogP contribution is -2.41. The van der Waals surface area contributed by atoms with Gasteiger partial charge < -0.3 is 15.0 Å². The Morgan fingerprint density at radius 1 is 1.11 bits per heavy atom. The molecular weight excluding hydrogens is 232 g/mol. The van der Waals surface area contributed by atoms with E-state index in [4.69, 9.17) is 15.0 Å². The van der Waals surface area contributed by atoms with Crippen molar-refractivity contribution in [3.63, 3.8) is 0 Å². The molecule has 1 aromatic rings. The van der Waals surface area contributed by atoms with Gasteiger partial charge in [-0.1, -0.05) is 18.2 Å². The van der Waals surface area contributed by atoms with Gasteiger partial charge in [0.05, 0.1) is 17.1 Å². The van der Waals surface area contributed by atoms with Gasteiger partial charge in [0.25, 0.3) is 0 Å². The number of rotatable bonds is 2. The molecule has 0 saturated carbocycles. The molecule has 1 atom stereocenters. The summed E-state index contributed by atoms with van der Waals surface area (Å²) in [4.78, 5) is 0. The Hall–Kier alpha value is -0.905. The van der Waals surface area contributed by atoms with Gasteiger partial charge in [-0.3, -0.25) is 0 Å². The van der Waals surface area contributed by atoms with Crippen LogP contribution < -0.4 is 5.73 Å². The number of benzene rings is 1. The average molecular weight is 251 g/mol. The van der Waals surface area contributed by atoms with Crippen LogP contribution in [0.5, 0.6) is 0 Å². The smallest absolute Gasteiger partial charge is 0.402 e. The maximum atomic E-state index is 13.7. The van der Waals surface area contributed by atoms with E-state index in [2.05, 4.69) is 0 Å². The third kappa shape index (κ3) is 2.18. The first-order valence-electron chi connectivity index (χ1n) is 6.10. The van der Waals surface area contributed by atoms with Gasteiger partial charge in [-0.05, 0) is 33.8 Å². The monoisotopic (exact) mass is 251 g/mol. The van der Waals surface area contributed by atoms with Crippen LogP contribution in [-0.4, -0.2) is 18.3 Å². The highest BCUT2D eigenvalue weighted by Gasteiger charge is 2.53. The van der Waals surface area contributed by atoms with Crippen molar-refractivity contribution in [2.45, 2.75) is 44.8 Å². The quantitative estimate of drug-likeness (QED) is 0.821. The Labute approximate surface area is 108 Å². The summed E-state index contributed by atoms with van der Waals surface area (Å²) in [6, 6.07) is 6.44. The number of hydrogen-bond donors (Lipinski definition) is 1. The number of hydrogen-bond acceptors (Lipinski definition) is 3. The standard InChI is InChI=1S/C13H19BFNO2/c1-12(2)13(3,4)18-14(17-12)11(16)9-7-5-6-8-10(9)15/h5-8,11H,16H2,1-4H3/t11-/m0/s1. The van der Waals surface area contributed by atoms with Crippen molar-refractivity contribution in [3.8, 4) is 0 Å². The summed E-state index contributed by atoms with van der Waals surface area (Å²) in [6.07, 6.45) is 0. The van der Waals surface area contributed by atoms with E-state index in [1.165, 1.54) is 6.07 Å². The Morgan fingerprint density at radius 2 is 1.61 bits per heavy atom. The Balaban J connectivity index is 2.23. The van der Waals surface area contributed by atoms with Gasteiger partial charge in [-0.15, -0.1) is 0 Å². The second kappa shape index (κ2) is 4.33. The lowest BCUT2D eigenvalue weighted by atomic mass is 9.75. The summed E-state index contributed by atoms with van der Waals surface area (Å²) < 4.78 is 25.3. The lowest BCUT2D eigenvalue weighted by Gasteiger charge is -2.32. The van der Waals surface area contributed by atoms with Crippen LogP contribution in [0, 0.1) is 5.82 Å². The van der Waals surface area contributed by atoms with Gasteiger partial charge in [-0.25, -0.2) is 4.39 Å². The van der Waals surface area contributed by atoms with Crippen molar-refractivity contribution in [3.05, 3.63) is 35.6 Å². The van der Waals surface area contributed by atoms with E-state index >= 15 is 0 Å². The van der Waals surface area contributed by atoms with Crippen molar-refractivity contribution in [2.75, 3.05) is 0 Å². The zero-order chi connectivity index (χ0) is 13.6. The molecule has 1 fully saturated rings. The molecule has 3 nitrogen and oxygen atoms in total. The normalized spacial score (nSPS) is 23.1. The van der Waals surface area contributed by atoms with E-state index in [0.29, 0.717) is 5.56 Å². The third-order valence-electron chi connectivity index (χ3n) is 3.83. The van der Waals surface area contributed by atoms with Crippen molar-refractivity contribution < 1.29 is 13.7 Å². The van der Waals surface area contributed by atoms with Crippen molar-refractivity contribution in [1.82, 2.24) is 0 Å². The maximum Gasteiger partial charge on any atom is 0.480 e. The Bertz CT molecular complexity index is 434. The summed E-state index contributed by atoms with van der Waals surface area (Å²) in [7, 11) is -0.633. The summed E-state index contributed by atoms with van der Waals surface area (Å²) in [5, 5.41) is 0. The molecule has 1 aliphatic heterocycles. The number of nitrogens with two attached hydrogens (primary N) is 1. The van der Waals surface area contributed by atoms with Gasteiger partial charge in [0.1, 0.15) is 5.82 Å². The molecule has 2 rings (SSSR count). The zero-order valence-corrected chi connectivity index (χ0v) is 11.2. The van der Waals surface area contributed by atoms with Crippen LogP contribution in [-0.2, 0) is 9.31 Å². The van der Waals surface area contributed by atoms with Gasteiger partial charge in [0, 0.05) is 5.56 Å². The summed E-state index contributed by atoms with van der Waals surface area (Å²) in [6.45, 7) is 7.78. The highest BCUT2D eigenvalue weighted by molar-refractivity contribution is 6.47. The minimum Gasteiger partial charge on any atom is -0.402 e. The molecule has 1 aliphatic rings. The molecule has 18 heavy (non-hydrogen) atoms. The highest BCUT2D eigenvalue weighted by atomic mass is 19.1. The molecule has 0 amide bonds. The van der Waals surface area contributed by atoms with Crippen LogP contribution in [0.15, 0.2) is 24.3 Å². The van der Waals surface area contributed by atoms with E-state index < -0.39 is 24.3 Å². The zero-order valence-electron chi connectivity index (χ0n) is 11.2. The van der Waals surface area contributed by atoms with Gasteiger partial charge in [-0.2, -0.15) is 0 Å². The van der Waals surface area contributed by atoms with Crippen LogP contribution in [0.1, 0.15) is 39.2 Å². The molecule has 0 radical (unpaired) electrons. The van der Waals surface area contributed by atoms with E-state index in [-0.39, 0.29) is 5.82 Å². The second-order valence-corrected chi connectivity index (χ2v) is 5.67. The molecule has 98 valence electrons. The average Bonchev–Trinajstić information content (AvgIpc) is 2.48. The van der Waals surface area contributed by atoms with Crippen LogP contribution >= 0.6 is 0 Å². The second-order valence-electron chi connectivity index (χ2n) is 5.67. The molecule has 0 bridgehead atoms. The molecule has 0 aliphatic carbocycles. The van der Waals surface area contributed by atoms with E-state index in [9.17, 15) is 4.39 Å². The highest BCUT2D eigenvalue weighted by Crippen LogP contribution is 2.39. The molecule has 5 heteroatoms. The number of halogens is 1.